The minimum absolute atomic E-state index is 0.403. The Balaban J connectivity index is 1.63. The molecule has 92 valence electrons. The van der Waals surface area contributed by atoms with Crippen molar-refractivity contribution in [1.82, 2.24) is 0 Å². The van der Waals surface area contributed by atoms with Gasteiger partial charge in [-0.1, -0.05) is 12.1 Å². The topological polar surface area (TPSA) is 18.5 Å². The average Bonchev–Trinajstić information content (AvgIpc) is 3.05. The first-order valence-electron chi connectivity index (χ1n) is 6.80. The zero-order chi connectivity index (χ0) is 11.5. The lowest BCUT2D eigenvalue weighted by Gasteiger charge is -2.16. The van der Waals surface area contributed by atoms with Crippen molar-refractivity contribution in [2.45, 2.75) is 44.6 Å². The van der Waals surface area contributed by atoms with Crippen molar-refractivity contribution < 1.29 is 9.47 Å². The van der Waals surface area contributed by atoms with Crippen LogP contribution in [0.5, 0.6) is 11.5 Å². The molecule has 2 fully saturated rings. The largest absolute Gasteiger partial charge is 0.489 e. The zero-order valence-electron chi connectivity index (χ0n) is 10.2. The molecule has 0 aliphatic heterocycles. The van der Waals surface area contributed by atoms with E-state index in [0.717, 1.165) is 24.0 Å². The molecule has 0 spiro atoms. The lowest BCUT2D eigenvalue weighted by atomic mass is 10.3. The van der Waals surface area contributed by atoms with Crippen molar-refractivity contribution in [3.8, 4) is 11.5 Å². The van der Waals surface area contributed by atoms with Gasteiger partial charge in [-0.15, -0.1) is 0 Å². The van der Waals surface area contributed by atoms with Gasteiger partial charge < -0.3 is 9.47 Å². The molecule has 0 amide bonds. The third-order valence-electron chi connectivity index (χ3n) is 3.62. The first-order chi connectivity index (χ1) is 8.42. The van der Waals surface area contributed by atoms with E-state index in [2.05, 4.69) is 0 Å². The molecule has 0 heterocycles. The molecule has 0 atom stereocenters. The van der Waals surface area contributed by atoms with Gasteiger partial charge in [-0.05, 0) is 56.6 Å². The van der Waals surface area contributed by atoms with Gasteiger partial charge in [-0.3, -0.25) is 0 Å². The summed E-state index contributed by atoms with van der Waals surface area (Å²) in [5.41, 5.74) is 0. The molecule has 2 aliphatic carbocycles. The Hall–Kier alpha value is -1.18. The number of hydrogen-bond donors (Lipinski definition) is 0. The minimum Gasteiger partial charge on any atom is -0.489 e. The SMILES string of the molecule is c1ccc(OC2CCCC2)c(OCC2CC2)c1. The minimum atomic E-state index is 0.403. The molecule has 0 aromatic heterocycles. The quantitative estimate of drug-likeness (QED) is 0.768. The standard InChI is InChI=1S/C15H20O2/c1-2-6-13(5-1)17-15-8-4-3-7-14(15)16-11-12-9-10-12/h3-4,7-8,12-13H,1-2,5-6,9-11H2. The molecule has 0 radical (unpaired) electrons. The van der Waals surface area contributed by atoms with Gasteiger partial charge >= 0.3 is 0 Å². The maximum absolute atomic E-state index is 6.03. The second kappa shape index (κ2) is 4.99. The molecule has 0 unspecified atom stereocenters. The van der Waals surface area contributed by atoms with Crippen molar-refractivity contribution in [2.75, 3.05) is 6.61 Å². The number of ether oxygens (including phenoxy) is 2. The van der Waals surface area contributed by atoms with E-state index < -0.39 is 0 Å². The van der Waals surface area contributed by atoms with Gasteiger partial charge in [0.25, 0.3) is 0 Å². The Labute approximate surface area is 103 Å². The van der Waals surface area contributed by atoms with Crippen LogP contribution in [0.25, 0.3) is 0 Å². The Morgan fingerprint density at radius 1 is 0.941 bits per heavy atom. The maximum atomic E-state index is 6.03. The highest BCUT2D eigenvalue weighted by molar-refractivity contribution is 5.39. The van der Waals surface area contributed by atoms with Crippen LogP contribution in [0.3, 0.4) is 0 Å². The lowest BCUT2D eigenvalue weighted by Crippen LogP contribution is -2.12. The third-order valence-corrected chi connectivity index (χ3v) is 3.62. The van der Waals surface area contributed by atoms with Crippen LogP contribution in [0, 0.1) is 5.92 Å². The van der Waals surface area contributed by atoms with E-state index in [9.17, 15) is 0 Å². The van der Waals surface area contributed by atoms with E-state index in [-0.39, 0.29) is 0 Å². The third kappa shape index (κ3) is 2.93. The average molecular weight is 232 g/mol. The fraction of sp³-hybridized carbons (Fsp3) is 0.600. The molecule has 0 bridgehead atoms. The van der Waals surface area contributed by atoms with Crippen molar-refractivity contribution in [3.05, 3.63) is 24.3 Å². The smallest absolute Gasteiger partial charge is 0.161 e. The van der Waals surface area contributed by atoms with Gasteiger partial charge in [-0.2, -0.15) is 0 Å². The molecule has 3 rings (SSSR count). The molecule has 2 nitrogen and oxygen atoms in total. The van der Waals surface area contributed by atoms with Gasteiger partial charge in [0.15, 0.2) is 11.5 Å². The van der Waals surface area contributed by atoms with Crippen LogP contribution in [0.1, 0.15) is 38.5 Å². The summed E-state index contributed by atoms with van der Waals surface area (Å²) >= 11 is 0. The molecule has 17 heavy (non-hydrogen) atoms. The molecule has 0 N–H and O–H groups in total. The van der Waals surface area contributed by atoms with E-state index in [0.29, 0.717) is 6.10 Å². The summed E-state index contributed by atoms with van der Waals surface area (Å²) in [6, 6.07) is 8.09. The normalized spacial score (nSPS) is 20.5. The lowest BCUT2D eigenvalue weighted by molar-refractivity contribution is 0.193. The van der Waals surface area contributed by atoms with E-state index in [1.165, 1.54) is 38.5 Å². The molecule has 0 saturated heterocycles. The van der Waals surface area contributed by atoms with Crippen LogP contribution in [0.15, 0.2) is 24.3 Å². The fourth-order valence-corrected chi connectivity index (χ4v) is 2.34. The van der Waals surface area contributed by atoms with Crippen LogP contribution in [0.2, 0.25) is 0 Å². The molecule has 2 aliphatic rings. The summed E-state index contributed by atoms with van der Waals surface area (Å²) in [6.07, 6.45) is 8.04. The first kappa shape index (κ1) is 10.9. The van der Waals surface area contributed by atoms with E-state index in [4.69, 9.17) is 9.47 Å². The van der Waals surface area contributed by atoms with Crippen LogP contribution in [-0.4, -0.2) is 12.7 Å². The number of benzene rings is 1. The molecule has 1 aromatic carbocycles. The van der Waals surface area contributed by atoms with Crippen molar-refractivity contribution >= 4 is 0 Å². The summed E-state index contributed by atoms with van der Waals surface area (Å²) in [7, 11) is 0. The monoisotopic (exact) mass is 232 g/mol. The summed E-state index contributed by atoms with van der Waals surface area (Å²) in [6.45, 7) is 0.852. The van der Waals surface area contributed by atoms with Crippen LogP contribution in [0.4, 0.5) is 0 Å². The summed E-state index contributed by atoms with van der Waals surface area (Å²) in [5.74, 6) is 2.64. The van der Waals surface area contributed by atoms with Crippen LogP contribution in [-0.2, 0) is 0 Å². The highest BCUT2D eigenvalue weighted by Gasteiger charge is 2.23. The van der Waals surface area contributed by atoms with Gasteiger partial charge in [-0.25, -0.2) is 0 Å². The Bertz CT molecular complexity index is 365. The predicted molar refractivity (Wildman–Crippen MR) is 67.5 cm³/mol. The second-order valence-electron chi connectivity index (χ2n) is 5.23. The molecule has 2 heteroatoms. The Morgan fingerprint density at radius 2 is 1.65 bits per heavy atom. The van der Waals surface area contributed by atoms with E-state index in [1.54, 1.807) is 0 Å². The van der Waals surface area contributed by atoms with Crippen molar-refractivity contribution in [1.29, 1.82) is 0 Å². The molecular weight excluding hydrogens is 212 g/mol. The zero-order valence-corrected chi connectivity index (χ0v) is 10.2. The van der Waals surface area contributed by atoms with Gasteiger partial charge in [0.1, 0.15) is 0 Å². The molecule has 2 saturated carbocycles. The number of rotatable bonds is 5. The second-order valence-corrected chi connectivity index (χ2v) is 5.23. The van der Waals surface area contributed by atoms with Crippen LogP contribution >= 0.6 is 0 Å². The van der Waals surface area contributed by atoms with Gasteiger partial charge in [0.2, 0.25) is 0 Å². The summed E-state index contributed by atoms with van der Waals surface area (Å²) in [4.78, 5) is 0. The van der Waals surface area contributed by atoms with Gasteiger partial charge in [0.05, 0.1) is 12.7 Å². The van der Waals surface area contributed by atoms with Crippen molar-refractivity contribution in [3.63, 3.8) is 0 Å². The molecule has 1 aromatic rings. The van der Waals surface area contributed by atoms with Crippen LogP contribution < -0.4 is 9.47 Å². The predicted octanol–water partition coefficient (Wildman–Crippen LogP) is 3.80. The Morgan fingerprint density at radius 3 is 2.35 bits per heavy atom. The van der Waals surface area contributed by atoms with Gasteiger partial charge in [0, 0.05) is 0 Å². The molecular formula is C15H20O2. The van der Waals surface area contributed by atoms with Crippen molar-refractivity contribution in [2.24, 2.45) is 5.92 Å². The highest BCUT2D eigenvalue weighted by Crippen LogP contribution is 2.34. The summed E-state index contributed by atoms with van der Waals surface area (Å²) < 4.78 is 11.9. The van der Waals surface area contributed by atoms with E-state index in [1.807, 2.05) is 24.3 Å². The first-order valence-corrected chi connectivity index (χ1v) is 6.80. The summed E-state index contributed by atoms with van der Waals surface area (Å²) in [5, 5.41) is 0. The Kier molecular flexibility index (Phi) is 3.21. The number of hydrogen-bond acceptors (Lipinski definition) is 2. The number of para-hydroxylation sites is 2. The highest BCUT2D eigenvalue weighted by atomic mass is 16.5. The van der Waals surface area contributed by atoms with E-state index >= 15 is 0 Å². The fourth-order valence-electron chi connectivity index (χ4n) is 2.34. The maximum Gasteiger partial charge on any atom is 0.161 e.